The fourth-order valence-electron chi connectivity index (χ4n) is 3.94. The van der Waals surface area contributed by atoms with E-state index < -0.39 is 0 Å². The smallest absolute Gasteiger partial charge is 0.266 e. The molecule has 1 aromatic rings. The van der Waals surface area contributed by atoms with Crippen LogP contribution in [0.4, 0.5) is 5.13 Å². The van der Waals surface area contributed by atoms with Gasteiger partial charge < -0.3 is 15.5 Å². The third kappa shape index (κ3) is 3.14. The molecule has 2 amide bonds. The Kier molecular flexibility index (Phi) is 4.80. The van der Waals surface area contributed by atoms with Crippen molar-refractivity contribution in [3.63, 3.8) is 0 Å². The highest BCUT2D eigenvalue weighted by Gasteiger charge is 2.45. The molecule has 0 unspecified atom stereocenters. The average molecular weight is 350 g/mol. The molecule has 2 fully saturated rings. The van der Waals surface area contributed by atoms with Gasteiger partial charge in [-0.3, -0.25) is 9.59 Å². The van der Waals surface area contributed by atoms with Crippen molar-refractivity contribution in [2.45, 2.75) is 64.5 Å². The maximum atomic E-state index is 13.2. The van der Waals surface area contributed by atoms with Crippen LogP contribution in [0.3, 0.4) is 0 Å². The predicted octanol–water partition coefficient (Wildman–Crippen LogP) is 2.55. The van der Waals surface area contributed by atoms with Gasteiger partial charge in [0.05, 0.1) is 17.3 Å². The zero-order chi connectivity index (χ0) is 17.3. The normalized spacial score (nSPS) is 27.2. The molecule has 24 heavy (non-hydrogen) atoms. The summed E-state index contributed by atoms with van der Waals surface area (Å²) in [7, 11) is 0. The number of piperidine rings is 1. The van der Waals surface area contributed by atoms with Crippen LogP contribution in [0.2, 0.25) is 0 Å². The summed E-state index contributed by atoms with van der Waals surface area (Å²) in [5, 5.41) is 7.16. The van der Waals surface area contributed by atoms with E-state index in [4.69, 9.17) is 0 Å². The molecule has 2 N–H and O–H groups in total. The van der Waals surface area contributed by atoms with Gasteiger partial charge >= 0.3 is 0 Å². The number of fused-ring (bicyclic) bond motifs is 1. The summed E-state index contributed by atoms with van der Waals surface area (Å²) in [6.45, 7) is 7.54. The third-order valence-corrected chi connectivity index (χ3v) is 6.20. The maximum absolute atomic E-state index is 13.2. The molecule has 2 atom stereocenters. The predicted molar refractivity (Wildman–Crippen MR) is 95.5 cm³/mol. The number of amides is 2. The first-order chi connectivity index (χ1) is 11.4. The average Bonchev–Trinajstić information content (AvgIpc) is 2.80. The summed E-state index contributed by atoms with van der Waals surface area (Å²) in [5.41, 5.74) is 0.468. The van der Waals surface area contributed by atoms with Crippen LogP contribution in [-0.4, -0.2) is 46.4 Å². The fraction of sp³-hybridized carbons (Fsp3) is 0.706. The number of thiazole rings is 1. The number of aromatic nitrogens is 1. The minimum absolute atomic E-state index is 0.0567. The van der Waals surface area contributed by atoms with Crippen LogP contribution in [0.5, 0.6) is 0 Å². The van der Waals surface area contributed by atoms with Gasteiger partial charge in [-0.2, -0.15) is 0 Å². The number of likely N-dealkylation sites (tertiary alicyclic amines) is 1. The van der Waals surface area contributed by atoms with Crippen molar-refractivity contribution in [3.05, 3.63) is 10.6 Å². The van der Waals surface area contributed by atoms with Gasteiger partial charge in [-0.05, 0) is 46.5 Å². The van der Waals surface area contributed by atoms with Crippen LogP contribution in [0, 0.1) is 6.92 Å². The van der Waals surface area contributed by atoms with Crippen LogP contribution in [0.15, 0.2) is 0 Å². The molecule has 0 spiro atoms. The SMILES string of the molecule is CCNc1nc(C)c(C(=O)N2CCC[C@]3(C)NC(=O)CCC[C@H]23)s1. The van der Waals surface area contributed by atoms with Crippen LogP contribution in [0.25, 0.3) is 0 Å². The summed E-state index contributed by atoms with van der Waals surface area (Å²) in [6, 6.07) is 0.0642. The van der Waals surface area contributed by atoms with Crippen LogP contribution in [0.1, 0.15) is 61.3 Å². The van der Waals surface area contributed by atoms with E-state index in [0.29, 0.717) is 11.3 Å². The Balaban J connectivity index is 1.87. The highest BCUT2D eigenvalue weighted by atomic mass is 32.1. The van der Waals surface area contributed by atoms with E-state index >= 15 is 0 Å². The van der Waals surface area contributed by atoms with Gasteiger partial charge in [0, 0.05) is 19.5 Å². The van der Waals surface area contributed by atoms with E-state index in [1.807, 2.05) is 18.7 Å². The maximum Gasteiger partial charge on any atom is 0.266 e. The van der Waals surface area contributed by atoms with E-state index in [2.05, 4.69) is 22.5 Å². The van der Waals surface area contributed by atoms with E-state index in [9.17, 15) is 9.59 Å². The van der Waals surface area contributed by atoms with Gasteiger partial charge in [0.1, 0.15) is 4.88 Å². The van der Waals surface area contributed by atoms with E-state index in [1.165, 1.54) is 11.3 Å². The fourth-order valence-corrected chi connectivity index (χ4v) is 4.93. The quantitative estimate of drug-likeness (QED) is 0.878. The molecule has 3 heterocycles. The van der Waals surface area contributed by atoms with Crippen LogP contribution in [-0.2, 0) is 4.79 Å². The molecule has 2 aliphatic heterocycles. The second-order valence-corrected chi connectivity index (χ2v) is 7.94. The van der Waals surface area contributed by atoms with Crippen LogP contribution < -0.4 is 10.6 Å². The first-order valence-corrected chi connectivity index (χ1v) is 9.59. The number of carbonyl (C=O) groups excluding carboxylic acids is 2. The second kappa shape index (κ2) is 6.70. The minimum Gasteiger partial charge on any atom is -0.362 e. The number of anilines is 1. The molecule has 7 heteroatoms. The minimum atomic E-state index is -0.315. The lowest BCUT2D eigenvalue weighted by Crippen LogP contribution is -2.63. The van der Waals surface area contributed by atoms with Crippen LogP contribution >= 0.6 is 11.3 Å². The Hall–Kier alpha value is -1.63. The lowest BCUT2D eigenvalue weighted by atomic mass is 9.81. The van der Waals surface area contributed by atoms with E-state index in [-0.39, 0.29) is 23.4 Å². The monoisotopic (exact) mass is 350 g/mol. The summed E-state index contributed by atoms with van der Waals surface area (Å²) < 4.78 is 0. The highest BCUT2D eigenvalue weighted by molar-refractivity contribution is 7.17. The van der Waals surface area contributed by atoms with Crippen molar-refractivity contribution in [1.29, 1.82) is 0 Å². The van der Waals surface area contributed by atoms with Crippen molar-refractivity contribution in [1.82, 2.24) is 15.2 Å². The molecular weight excluding hydrogens is 324 g/mol. The molecule has 3 rings (SSSR count). The Morgan fingerprint density at radius 2 is 2.29 bits per heavy atom. The Morgan fingerprint density at radius 1 is 1.50 bits per heavy atom. The molecule has 0 radical (unpaired) electrons. The molecular formula is C17H26N4O2S. The van der Waals surface area contributed by atoms with E-state index in [1.54, 1.807) is 0 Å². The highest BCUT2D eigenvalue weighted by Crippen LogP contribution is 2.35. The number of aryl methyl sites for hydroxylation is 1. The number of hydrogen-bond donors (Lipinski definition) is 2. The van der Waals surface area contributed by atoms with Gasteiger partial charge in [-0.25, -0.2) is 4.98 Å². The Morgan fingerprint density at radius 3 is 3.04 bits per heavy atom. The number of rotatable bonds is 3. The number of hydrogen-bond acceptors (Lipinski definition) is 5. The van der Waals surface area contributed by atoms with Gasteiger partial charge in [-0.15, -0.1) is 0 Å². The number of nitrogens with one attached hydrogen (secondary N) is 2. The second-order valence-electron chi connectivity index (χ2n) is 6.94. The molecule has 0 aromatic carbocycles. The first kappa shape index (κ1) is 17.2. The lowest BCUT2D eigenvalue weighted by Gasteiger charge is -2.47. The van der Waals surface area contributed by atoms with Crippen molar-refractivity contribution in [3.8, 4) is 0 Å². The van der Waals surface area contributed by atoms with Crippen molar-refractivity contribution in [2.75, 3.05) is 18.4 Å². The molecule has 0 aliphatic carbocycles. The number of carbonyl (C=O) groups is 2. The largest absolute Gasteiger partial charge is 0.362 e. The number of nitrogens with zero attached hydrogens (tertiary/aromatic N) is 2. The van der Waals surface area contributed by atoms with Gasteiger partial charge in [0.25, 0.3) is 5.91 Å². The third-order valence-electron chi connectivity index (χ3n) is 5.09. The summed E-state index contributed by atoms with van der Waals surface area (Å²) in [6.07, 6.45) is 4.10. The topological polar surface area (TPSA) is 74.3 Å². The van der Waals surface area contributed by atoms with Crippen molar-refractivity contribution in [2.24, 2.45) is 0 Å². The van der Waals surface area contributed by atoms with Crippen molar-refractivity contribution < 1.29 is 9.59 Å². The molecule has 0 bridgehead atoms. The first-order valence-electron chi connectivity index (χ1n) is 8.78. The lowest BCUT2D eigenvalue weighted by molar-refractivity contribution is -0.123. The standard InChI is InChI=1S/C17H26N4O2S/c1-4-18-16-19-11(2)14(24-16)15(23)21-10-6-9-17(3)12(21)7-5-8-13(22)20-17/h12H,4-10H2,1-3H3,(H,18,19)(H,20,22)/t12-,17-/m0/s1. The van der Waals surface area contributed by atoms with Gasteiger partial charge in [0.15, 0.2) is 5.13 Å². The summed E-state index contributed by atoms with van der Waals surface area (Å²) in [4.78, 5) is 32.3. The summed E-state index contributed by atoms with van der Waals surface area (Å²) >= 11 is 1.43. The molecule has 2 aliphatic rings. The van der Waals surface area contributed by atoms with Crippen molar-refractivity contribution >= 4 is 28.3 Å². The van der Waals surface area contributed by atoms with Gasteiger partial charge in [-0.1, -0.05) is 11.3 Å². The molecule has 132 valence electrons. The molecule has 2 saturated heterocycles. The summed E-state index contributed by atoms with van der Waals surface area (Å²) in [5.74, 6) is 0.166. The Labute approximate surface area is 147 Å². The molecule has 0 saturated carbocycles. The zero-order valence-electron chi connectivity index (χ0n) is 14.6. The van der Waals surface area contributed by atoms with E-state index in [0.717, 1.165) is 49.6 Å². The zero-order valence-corrected chi connectivity index (χ0v) is 15.5. The van der Waals surface area contributed by atoms with Gasteiger partial charge in [0.2, 0.25) is 5.91 Å². The molecule has 1 aromatic heterocycles. The Bertz CT molecular complexity index is 645. The molecule has 6 nitrogen and oxygen atoms in total.